The topological polar surface area (TPSA) is 57.5 Å². The number of rotatable bonds is 9. The van der Waals surface area contributed by atoms with Gasteiger partial charge in [-0.25, -0.2) is 4.79 Å². The molecule has 0 bridgehead atoms. The molecule has 0 radical (unpaired) electrons. The Morgan fingerprint density at radius 3 is 2.15 bits per heavy atom. The highest BCUT2D eigenvalue weighted by Gasteiger charge is 2.17. The van der Waals surface area contributed by atoms with Crippen LogP contribution in [0.2, 0.25) is 0 Å². The second-order valence-corrected chi connectivity index (χ2v) is 8.16. The van der Waals surface area contributed by atoms with Gasteiger partial charge >= 0.3 is 5.97 Å². The van der Waals surface area contributed by atoms with Gasteiger partial charge in [0.15, 0.2) is 5.75 Å². The molecular weight excluding hydrogens is 426 g/mol. The SMILES string of the molecule is CC(=O)OOc1cccc(CCCn2cc(C(c3ccccc3)c3ccccc3)ccc2=O)c1. The van der Waals surface area contributed by atoms with E-state index in [1.54, 1.807) is 16.7 Å². The molecule has 1 heterocycles. The molecule has 4 rings (SSSR count). The van der Waals surface area contributed by atoms with Gasteiger partial charge < -0.3 is 4.57 Å². The third-order valence-corrected chi connectivity index (χ3v) is 5.62. The first-order valence-corrected chi connectivity index (χ1v) is 11.3. The smallest absolute Gasteiger partial charge is 0.315 e. The Morgan fingerprint density at radius 1 is 0.824 bits per heavy atom. The molecule has 0 atom stereocenters. The summed E-state index contributed by atoms with van der Waals surface area (Å²) in [6, 6.07) is 31.7. The highest BCUT2D eigenvalue weighted by molar-refractivity contribution is 5.65. The monoisotopic (exact) mass is 453 g/mol. The first-order valence-electron chi connectivity index (χ1n) is 11.3. The van der Waals surface area contributed by atoms with Gasteiger partial charge in [-0.05, 0) is 47.2 Å². The van der Waals surface area contributed by atoms with Gasteiger partial charge in [0.1, 0.15) is 0 Å². The Kier molecular flexibility index (Phi) is 7.56. The number of aromatic nitrogens is 1. The molecule has 0 fully saturated rings. The zero-order valence-corrected chi connectivity index (χ0v) is 19.1. The molecule has 0 aliphatic heterocycles. The number of aryl methyl sites for hydroxylation is 2. The molecule has 5 heteroatoms. The maximum absolute atomic E-state index is 12.6. The van der Waals surface area contributed by atoms with Crippen molar-refractivity contribution in [2.75, 3.05) is 0 Å². The quantitative estimate of drug-likeness (QED) is 0.247. The average Bonchev–Trinajstić information content (AvgIpc) is 2.86. The van der Waals surface area contributed by atoms with Crippen molar-refractivity contribution in [2.24, 2.45) is 0 Å². The molecule has 0 saturated carbocycles. The average molecular weight is 454 g/mol. The van der Waals surface area contributed by atoms with Crippen molar-refractivity contribution < 1.29 is 14.6 Å². The van der Waals surface area contributed by atoms with Crippen LogP contribution in [0.5, 0.6) is 5.75 Å². The van der Waals surface area contributed by atoms with Crippen LogP contribution in [0.15, 0.2) is 108 Å². The minimum absolute atomic E-state index is 0.0180. The standard InChI is InChI=1S/C29H27NO4/c1-22(31)33-34-27-16-8-10-23(20-27)11-9-19-30-21-26(17-18-28(30)32)29(24-12-4-2-5-13-24)25-14-6-3-7-15-25/h2-8,10,12-18,20-21,29H,9,11,19H2,1H3. The van der Waals surface area contributed by atoms with Gasteiger partial charge in [-0.15, -0.1) is 0 Å². The van der Waals surface area contributed by atoms with Gasteiger partial charge in [0.05, 0.1) is 0 Å². The zero-order valence-electron chi connectivity index (χ0n) is 19.1. The van der Waals surface area contributed by atoms with E-state index in [4.69, 9.17) is 4.89 Å². The van der Waals surface area contributed by atoms with Gasteiger partial charge in [-0.1, -0.05) is 78.9 Å². The van der Waals surface area contributed by atoms with Crippen molar-refractivity contribution in [3.8, 4) is 5.75 Å². The fraction of sp³-hybridized carbons (Fsp3) is 0.172. The van der Waals surface area contributed by atoms with Gasteiger partial charge in [-0.2, -0.15) is 0 Å². The van der Waals surface area contributed by atoms with Crippen molar-refractivity contribution >= 4 is 5.97 Å². The number of carbonyl (C=O) groups excluding carboxylic acids is 1. The summed E-state index contributed by atoms with van der Waals surface area (Å²) in [7, 11) is 0. The van der Waals surface area contributed by atoms with Gasteiger partial charge in [-0.3, -0.25) is 14.6 Å². The molecule has 1 aromatic heterocycles. The fourth-order valence-electron chi connectivity index (χ4n) is 4.08. The molecule has 3 aromatic carbocycles. The summed E-state index contributed by atoms with van der Waals surface area (Å²) in [5.74, 6) is 0.0127. The lowest BCUT2D eigenvalue weighted by Gasteiger charge is -2.20. The molecule has 0 amide bonds. The maximum Gasteiger partial charge on any atom is 0.352 e. The van der Waals surface area contributed by atoms with E-state index >= 15 is 0 Å². The fourth-order valence-corrected chi connectivity index (χ4v) is 4.08. The summed E-state index contributed by atoms with van der Waals surface area (Å²) in [5, 5.41) is 0. The number of pyridine rings is 1. The molecule has 34 heavy (non-hydrogen) atoms. The van der Waals surface area contributed by atoms with Crippen molar-refractivity contribution in [3.05, 3.63) is 136 Å². The molecule has 5 nitrogen and oxygen atoms in total. The Balaban J connectivity index is 1.51. The lowest BCUT2D eigenvalue weighted by molar-refractivity contribution is -0.210. The molecular formula is C29H27NO4. The maximum atomic E-state index is 12.6. The first-order chi connectivity index (χ1) is 16.6. The van der Waals surface area contributed by atoms with E-state index < -0.39 is 5.97 Å². The van der Waals surface area contributed by atoms with E-state index in [1.165, 1.54) is 18.1 Å². The van der Waals surface area contributed by atoms with E-state index in [9.17, 15) is 9.59 Å². The van der Waals surface area contributed by atoms with Crippen LogP contribution in [0.3, 0.4) is 0 Å². The molecule has 0 saturated heterocycles. The van der Waals surface area contributed by atoms with E-state index in [0.29, 0.717) is 12.3 Å². The summed E-state index contributed by atoms with van der Waals surface area (Å²) in [6.07, 6.45) is 3.52. The first kappa shape index (κ1) is 23.1. The predicted molar refractivity (Wildman–Crippen MR) is 132 cm³/mol. The van der Waals surface area contributed by atoms with Crippen molar-refractivity contribution in [2.45, 2.75) is 32.2 Å². The summed E-state index contributed by atoms with van der Waals surface area (Å²) >= 11 is 0. The molecule has 4 aromatic rings. The van der Waals surface area contributed by atoms with Crippen LogP contribution in [0.4, 0.5) is 0 Å². The summed E-state index contributed by atoms with van der Waals surface area (Å²) < 4.78 is 1.79. The Bertz CT molecular complexity index is 1240. The van der Waals surface area contributed by atoms with Gasteiger partial charge in [0.25, 0.3) is 5.56 Å². The van der Waals surface area contributed by atoms with Crippen LogP contribution >= 0.6 is 0 Å². The number of benzene rings is 3. The van der Waals surface area contributed by atoms with Crippen molar-refractivity contribution in [1.82, 2.24) is 4.57 Å². The summed E-state index contributed by atoms with van der Waals surface area (Å²) in [5.41, 5.74) is 4.47. The Labute approximate surface area is 199 Å². The van der Waals surface area contributed by atoms with Crippen LogP contribution in [-0.4, -0.2) is 10.5 Å². The van der Waals surface area contributed by atoms with E-state index in [1.807, 2.05) is 66.9 Å². The van der Waals surface area contributed by atoms with Crippen LogP contribution in [-0.2, 0) is 22.6 Å². The lowest BCUT2D eigenvalue weighted by atomic mass is 9.86. The third kappa shape index (κ3) is 6.01. The van der Waals surface area contributed by atoms with E-state index in [-0.39, 0.29) is 11.5 Å². The highest BCUT2D eigenvalue weighted by atomic mass is 17.2. The molecule has 0 unspecified atom stereocenters. The number of nitrogens with zero attached hydrogens (tertiary/aromatic N) is 1. The highest BCUT2D eigenvalue weighted by Crippen LogP contribution is 2.31. The largest absolute Gasteiger partial charge is 0.352 e. The van der Waals surface area contributed by atoms with Crippen LogP contribution < -0.4 is 10.4 Å². The van der Waals surface area contributed by atoms with E-state index in [2.05, 4.69) is 29.2 Å². The Morgan fingerprint density at radius 2 is 1.50 bits per heavy atom. The summed E-state index contributed by atoms with van der Waals surface area (Å²) in [4.78, 5) is 33.2. The van der Waals surface area contributed by atoms with Gasteiger partial charge in [0, 0.05) is 31.6 Å². The molecule has 0 spiro atoms. The molecule has 172 valence electrons. The molecule has 0 N–H and O–H groups in total. The third-order valence-electron chi connectivity index (χ3n) is 5.62. The lowest BCUT2D eigenvalue weighted by Crippen LogP contribution is -2.20. The van der Waals surface area contributed by atoms with Crippen LogP contribution in [0.25, 0.3) is 0 Å². The normalized spacial score (nSPS) is 10.8. The number of hydrogen-bond donors (Lipinski definition) is 0. The second-order valence-electron chi connectivity index (χ2n) is 8.16. The number of carbonyl (C=O) groups is 1. The van der Waals surface area contributed by atoms with Gasteiger partial charge in [0.2, 0.25) is 0 Å². The van der Waals surface area contributed by atoms with E-state index in [0.717, 1.165) is 24.0 Å². The van der Waals surface area contributed by atoms with Crippen molar-refractivity contribution in [1.29, 1.82) is 0 Å². The van der Waals surface area contributed by atoms with Crippen LogP contribution in [0, 0.1) is 0 Å². The van der Waals surface area contributed by atoms with Crippen molar-refractivity contribution in [3.63, 3.8) is 0 Å². The Hall–Kier alpha value is -4.12. The number of hydrogen-bond acceptors (Lipinski definition) is 4. The molecule has 0 aliphatic rings. The minimum atomic E-state index is -0.506. The van der Waals surface area contributed by atoms with Crippen LogP contribution in [0.1, 0.15) is 41.5 Å². The second kappa shape index (κ2) is 11.1. The minimum Gasteiger partial charge on any atom is -0.315 e. The predicted octanol–water partition coefficient (Wildman–Crippen LogP) is 5.52. The zero-order chi connectivity index (χ0) is 23.8. The summed E-state index contributed by atoms with van der Waals surface area (Å²) in [6.45, 7) is 1.88. The molecule has 0 aliphatic carbocycles.